The number of aryl methyl sites for hydroxylation is 2. The summed E-state index contributed by atoms with van der Waals surface area (Å²) in [5.41, 5.74) is 2.11. The number of halogens is 1. The van der Waals surface area contributed by atoms with Crippen molar-refractivity contribution >= 4 is 15.9 Å². The van der Waals surface area contributed by atoms with Gasteiger partial charge < -0.3 is 9.84 Å². The summed E-state index contributed by atoms with van der Waals surface area (Å²) in [6.07, 6.45) is 2.98. The van der Waals surface area contributed by atoms with E-state index in [1.54, 1.807) is 7.11 Å². The maximum atomic E-state index is 10.1. The third-order valence-corrected chi connectivity index (χ3v) is 4.16. The fourth-order valence-corrected chi connectivity index (χ4v) is 2.69. The first-order valence-electron chi connectivity index (χ1n) is 6.40. The minimum Gasteiger partial charge on any atom is -0.393 e. The molecule has 0 fully saturated rings. The highest BCUT2D eigenvalue weighted by Crippen LogP contribution is 2.23. The highest BCUT2D eigenvalue weighted by Gasteiger charge is 2.16. The van der Waals surface area contributed by atoms with Crippen LogP contribution in [-0.2, 0) is 24.6 Å². The molecular formula is C13H23BrN2O2. The standard InChI is InChI=1S/C13H23BrN2O2/c1-5-11-13(14)12(16(3)15-11)8-10(17)7-6-9(2)18-4/h9-10,17H,5-8H2,1-4H3. The van der Waals surface area contributed by atoms with E-state index < -0.39 is 0 Å². The number of methoxy groups -OCH3 is 1. The third kappa shape index (κ3) is 4.07. The van der Waals surface area contributed by atoms with E-state index in [9.17, 15) is 5.11 Å². The second-order valence-electron chi connectivity index (χ2n) is 4.67. The summed E-state index contributed by atoms with van der Waals surface area (Å²) in [7, 11) is 3.62. The molecule has 0 saturated heterocycles. The first-order valence-corrected chi connectivity index (χ1v) is 7.19. The average Bonchev–Trinajstić information content (AvgIpc) is 2.63. The van der Waals surface area contributed by atoms with Crippen LogP contribution in [0, 0.1) is 0 Å². The van der Waals surface area contributed by atoms with Gasteiger partial charge in [-0.1, -0.05) is 6.92 Å². The summed E-state index contributed by atoms with van der Waals surface area (Å²) < 4.78 is 8.07. The molecule has 0 amide bonds. The SMILES string of the molecule is CCc1nn(C)c(CC(O)CCC(C)OC)c1Br. The van der Waals surface area contributed by atoms with Crippen molar-refractivity contribution in [2.75, 3.05) is 7.11 Å². The van der Waals surface area contributed by atoms with E-state index in [1.807, 2.05) is 18.7 Å². The van der Waals surface area contributed by atoms with Crippen LogP contribution >= 0.6 is 15.9 Å². The van der Waals surface area contributed by atoms with E-state index in [2.05, 4.69) is 28.0 Å². The smallest absolute Gasteiger partial charge is 0.0766 e. The van der Waals surface area contributed by atoms with Gasteiger partial charge in [0.05, 0.1) is 28.1 Å². The number of aliphatic hydroxyl groups is 1. The van der Waals surface area contributed by atoms with Gasteiger partial charge in [0.2, 0.25) is 0 Å². The molecule has 0 aliphatic carbocycles. The zero-order chi connectivity index (χ0) is 13.7. The minimum atomic E-state index is -0.348. The highest BCUT2D eigenvalue weighted by atomic mass is 79.9. The third-order valence-electron chi connectivity index (χ3n) is 3.24. The van der Waals surface area contributed by atoms with Crippen molar-refractivity contribution in [1.82, 2.24) is 9.78 Å². The lowest BCUT2D eigenvalue weighted by Crippen LogP contribution is -2.16. The molecule has 0 aliphatic heterocycles. The van der Waals surface area contributed by atoms with Gasteiger partial charge in [-0.25, -0.2) is 0 Å². The molecule has 1 rings (SSSR count). The van der Waals surface area contributed by atoms with Crippen LogP contribution in [0.1, 0.15) is 38.1 Å². The van der Waals surface area contributed by atoms with Crippen LogP contribution in [0.15, 0.2) is 4.47 Å². The lowest BCUT2D eigenvalue weighted by molar-refractivity contribution is 0.0846. The number of aromatic nitrogens is 2. The van der Waals surface area contributed by atoms with Crippen LogP contribution < -0.4 is 0 Å². The maximum absolute atomic E-state index is 10.1. The second-order valence-corrected chi connectivity index (χ2v) is 5.46. The Hall–Kier alpha value is -0.390. The number of hydrogen-bond donors (Lipinski definition) is 1. The number of nitrogens with zero attached hydrogens (tertiary/aromatic N) is 2. The van der Waals surface area contributed by atoms with Crippen molar-refractivity contribution in [3.05, 3.63) is 15.9 Å². The van der Waals surface area contributed by atoms with Crippen LogP contribution in [-0.4, -0.2) is 34.2 Å². The first kappa shape index (κ1) is 15.7. The largest absolute Gasteiger partial charge is 0.393 e. The van der Waals surface area contributed by atoms with E-state index in [0.29, 0.717) is 6.42 Å². The van der Waals surface area contributed by atoms with E-state index in [4.69, 9.17) is 4.74 Å². The van der Waals surface area contributed by atoms with Crippen molar-refractivity contribution in [2.24, 2.45) is 7.05 Å². The Labute approximate surface area is 117 Å². The van der Waals surface area contributed by atoms with E-state index in [-0.39, 0.29) is 12.2 Å². The molecule has 0 bridgehead atoms. The van der Waals surface area contributed by atoms with Gasteiger partial charge in [0.1, 0.15) is 0 Å². The minimum absolute atomic E-state index is 0.195. The molecule has 1 aromatic heterocycles. The molecule has 104 valence electrons. The fourth-order valence-electron chi connectivity index (χ4n) is 1.91. The van der Waals surface area contributed by atoms with Crippen molar-refractivity contribution in [2.45, 2.75) is 51.7 Å². The fraction of sp³-hybridized carbons (Fsp3) is 0.769. The van der Waals surface area contributed by atoms with Gasteiger partial charge in [0, 0.05) is 20.6 Å². The Morgan fingerprint density at radius 2 is 2.11 bits per heavy atom. The monoisotopic (exact) mass is 318 g/mol. The van der Waals surface area contributed by atoms with Crippen molar-refractivity contribution in [3.8, 4) is 0 Å². The van der Waals surface area contributed by atoms with Crippen LogP contribution in [0.4, 0.5) is 0 Å². The number of hydrogen-bond acceptors (Lipinski definition) is 3. The molecule has 2 atom stereocenters. The Balaban J connectivity index is 2.59. The lowest BCUT2D eigenvalue weighted by atomic mass is 10.1. The zero-order valence-electron chi connectivity index (χ0n) is 11.6. The average molecular weight is 319 g/mol. The van der Waals surface area contributed by atoms with E-state index in [0.717, 1.165) is 35.1 Å². The molecule has 0 spiro atoms. The summed E-state index contributed by atoms with van der Waals surface area (Å²) in [4.78, 5) is 0. The molecule has 0 saturated carbocycles. The molecule has 0 aliphatic rings. The normalized spacial score (nSPS) is 14.8. The van der Waals surface area contributed by atoms with Gasteiger partial charge in [-0.15, -0.1) is 0 Å². The van der Waals surface area contributed by atoms with Gasteiger partial charge in [0.25, 0.3) is 0 Å². The quantitative estimate of drug-likeness (QED) is 0.840. The number of rotatable bonds is 7. The summed E-state index contributed by atoms with van der Waals surface area (Å²) in [5, 5.41) is 14.5. The molecule has 0 radical (unpaired) electrons. The summed E-state index contributed by atoms with van der Waals surface area (Å²) in [5.74, 6) is 0. The van der Waals surface area contributed by atoms with Crippen LogP contribution in [0.2, 0.25) is 0 Å². The Morgan fingerprint density at radius 3 is 2.61 bits per heavy atom. The summed E-state index contributed by atoms with van der Waals surface area (Å²) >= 11 is 3.57. The Bertz CT molecular complexity index is 379. The number of ether oxygens (including phenoxy) is 1. The predicted molar refractivity (Wildman–Crippen MR) is 75.7 cm³/mol. The number of aliphatic hydroxyl groups excluding tert-OH is 1. The lowest BCUT2D eigenvalue weighted by Gasteiger charge is -2.14. The summed E-state index contributed by atoms with van der Waals surface area (Å²) in [6, 6.07) is 0. The van der Waals surface area contributed by atoms with Gasteiger partial charge in [0.15, 0.2) is 0 Å². The molecule has 4 nitrogen and oxygen atoms in total. The molecule has 2 unspecified atom stereocenters. The molecule has 18 heavy (non-hydrogen) atoms. The summed E-state index contributed by atoms with van der Waals surface area (Å²) in [6.45, 7) is 4.09. The second kappa shape index (κ2) is 7.26. The van der Waals surface area contributed by atoms with Gasteiger partial charge >= 0.3 is 0 Å². The molecule has 1 aromatic rings. The highest BCUT2D eigenvalue weighted by molar-refractivity contribution is 9.10. The van der Waals surface area contributed by atoms with Crippen molar-refractivity contribution < 1.29 is 9.84 Å². The van der Waals surface area contributed by atoms with Gasteiger partial charge in [-0.05, 0) is 42.1 Å². The van der Waals surface area contributed by atoms with Crippen molar-refractivity contribution in [3.63, 3.8) is 0 Å². The molecule has 1 heterocycles. The Morgan fingerprint density at radius 1 is 1.44 bits per heavy atom. The topological polar surface area (TPSA) is 47.3 Å². The Kier molecular flexibility index (Phi) is 6.32. The molecule has 1 N–H and O–H groups in total. The molecular weight excluding hydrogens is 296 g/mol. The van der Waals surface area contributed by atoms with Crippen LogP contribution in [0.5, 0.6) is 0 Å². The zero-order valence-corrected chi connectivity index (χ0v) is 13.2. The molecule has 5 heteroatoms. The maximum Gasteiger partial charge on any atom is 0.0766 e. The van der Waals surface area contributed by atoms with Crippen molar-refractivity contribution in [1.29, 1.82) is 0 Å². The van der Waals surface area contributed by atoms with E-state index >= 15 is 0 Å². The first-order chi connectivity index (χ1) is 8.49. The van der Waals surface area contributed by atoms with Gasteiger partial charge in [-0.3, -0.25) is 4.68 Å². The molecule has 0 aromatic carbocycles. The van der Waals surface area contributed by atoms with E-state index in [1.165, 1.54) is 0 Å². The van der Waals surface area contributed by atoms with Gasteiger partial charge in [-0.2, -0.15) is 5.10 Å². The van der Waals surface area contributed by atoms with Crippen LogP contribution in [0.3, 0.4) is 0 Å². The van der Waals surface area contributed by atoms with Crippen LogP contribution in [0.25, 0.3) is 0 Å². The predicted octanol–water partition coefficient (Wildman–Crippen LogP) is 2.46.